The summed E-state index contributed by atoms with van der Waals surface area (Å²) in [5.41, 5.74) is 0. The van der Waals surface area contributed by atoms with E-state index in [1.165, 1.54) is 0 Å². The van der Waals surface area contributed by atoms with Gasteiger partial charge in [-0.3, -0.25) is 7.56 Å². The normalized spacial score (nSPS) is 9.93. The molecule has 0 saturated carbocycles. The molecule has 0 amide bonds. The van der Waals surface area contributed by atoms with Gasteiger partial charge in [0.05, 0.1) is 18.6 Å². The van der Waals surface area contributed by atoms with Gasteiger partial charge < -0.3 is 0 Å². The maximum absolute atomic E-state index is 7.72. The SMILES string of the molecule is [B][B]B(B([B])[B])B(B([B])[B])B(B(B(B([B])[B])B([B])[B])B(B([B])[B])B([B])[B])B(B(B(B(B([B])[B])B([B])[B])B(B([B])[B])B([B])[B])B(B(B([B])[B])B([B])[B])B(B([B])[B])B([B])[B])P(B(B(B(B([B])[B])B([B])[B])B(B([B])[B])B([B])[B])B(B(B([B])[B])B([B])[B])B(B([B])[B])B([B])[B])B(B(B(B([B])[B])B([B])[B])B(B([B])[B])B([B])[B])B(B(B([B])[B])B([B])[B])B(B([B])[B])B([B])[B]. The molecule has 0 rings (SSSR count). The van der Waals surface area contributed by atoms with E-state index in [9.17, 15) is 0 Å². The Kier molecular flexibility index (Phi) is 63.9. The quantitative estimate of drug-likeness (QED) is 0.0421. The van der Waals surface area contributed by atoms with Crippen LogP contribution in [0, 0.1) is 0 Å². The molecule has 0 atom stereocenters. The summed E-state index contributed by atoms with van der Waals surface area (Å²) >= 11 is 0. The maximum Gasteiger partial charge on any atom is 0.0527 e. The first-order chi connectivity index (χ1) is 55.1. The lowest BCUT2D eigenvalue weighted by Crippen LogP contribution is -2.96. The van der Waals surface area contributed by atoms with Crippen molar-refractivity contribution in [1.82, 2.24) is 0 Å². The van der Waals surface area contributed by atoms with E-state index in [2.05, 4.69) is 0 Å². The first-order valence-corrected chi connectivity index (χ1v) is 41.3. The molecule has 365 valence electrons. The second-order valence-corrected chi connectivity index (χ2v) is 36.5. The van der Waals surface area contributed by atoms with Crippen LogP contribution >= 0.6 is 7.56 Å². The van der Waals surface area contributed by atoms with Gasteiger partial charge in [-0.25, -0.2) is 0 Å². The highest BCUT2D eigenvalue weighted by Gasteiger charge is 2.70. The van der Waals surface area contributed by atoms with Crippen LogP contribution in [0.2, 0.25) is 0 Å². The minimum absolute atomic E-state index is 0.954. The smallest absolute Gasteiger partial charge is 0.0527 e. The Balaban J connectivity index is 16.7. The van der Waals surface area contributed by atoms with Crippen LogP contribution in [0.15, 0.2) is 0 Å². The Bertz CT molecular complexity index is 2130. The van der Waals surface area contributed by atoms with Crippen LogP contribution in [0.25, 0.3) is 0 Å². The van der Waals surface area contributed by atoms with Crippen molar-refractivity contribution in [3.8, 4) is 0 Å². The Morgan fingerprint density at radius 2 is 0.182 bits per heavy atom. The second kappa shape index (κ2) is 59.8. The van der Waals surface area contributed by atoms with Gasteiger partial charge in [-0.1, -0.05) is 0 Å². The molecule has 0 aromatic heterocycles. The van der Waals surface area contributed by atoms with Crippen molar-refractivity contribution in [3.63, 3.8) is 0 Å². The third kappa shape index (κ3) is 34.8. The molecule has 121 heavy (non-hydrogen) atoms. The standard InChI is InChI=1S/B120P/c1-62-93(63(2)3)108(92(60)61)116(109(94(64(4)5)65(6)7)95(66(8)9)67(10)11)120(117(110(96(68(12)13)69(14)15)97(70(16)17)71(18)19)111(98(72(20)21)73(22)23)99(74(24)25)75(26)27)121(118(112(100(76(28)29)77(30)31)101(78(32)33)79(34)35)113(102(80(36)37)81(38)39)103(82(40)41)83(42)43)119(114(104(84(44)45)85(46)47)105(86(48)49)87(50)51)115(106(88(52)53)89(54)55)107(90(56)57)91(58)59. The van der Waals surface area contributed by atoms with Gasteiger partial charge >= 0.3 is 0 Å². The monoisotopic (exact) mass is 1350 g/mol. The van der Waals surface area contributed by atoms with Crippen LogP contribution in [0.3, 0.4) is 0 Å². The number of hydrogen-bond donors (Lipinski definition) is 0. The van der Waals surface area contributed by atoms with Crippen LogP contribution in [-0.4, -0.2) is 849 Å². The molecule has 0 aromatic rings. The molecule has 0 nitrogen and oxygen atoms in total. The van der Waals surface area contributed by atoms with Crippen molar-refractivity contribution in [3.05, 3.63) is 0 Å². The molecule has 0 N–H and O–H groups in total. The Labute approximate surface area is 847 Å². The molecular formula is B120P. The van der Waals surface area contributed by atoms with Gasteiger partial charge in [0.25, 0.3) is 0 Å². The van der Waals surface area contributed by atoms with E-state index in [0.29, 0.717) is 0 Å². The molecule has 0 bridgehead atoms. The Morgan fingerprint density at radius 1 is 0.0992 bits per heavy atom. The highest BCUT2D eigenvalue weighted by molar-refractivity contribution is 8.65. The zero-order chi connectivity index (χ0) is 95.8. The van der Waals surface area contributed by atoms with Crippen LogP contribution in [-0.2, 0) is 0 Å². The van der Waals surface area contributed by atoms with E-state index >= 15 is 0 Å². The molecular weight excluding hydrogens is 1330 g/mol. The molecule has 0 aliphatic rings. The number of hydrogen-bond acceptors (Lipinski definition) is 0. The molecule has 0 saturated heterocycles. The van der Waals surface area contributed by atoms with E-state index < -0.39 is 377 Å². The Morgan fingerprint density at radius 3 is 0.264 bits per heavy atom. The predicted molar refractivity (Wildman–Crippen MR) is 697 cm³/mol. The molecule has 0 fully saturated rings. The largest absolute Gasteiger partial charge is 0.253 e. The lowest BCUT2D eigenvalue weighted by molar-refractivity contribution is 3.17. The summed E-state index contributed by atoms with van der Waals surface area (Å²) in [6, 6.07) is 0. The van der Waals surface area contributed by atoms with Crippen molar-refractivity contribution < 1.29 is 0 Å². The second-order valence-electron chi connectivity index (χ2n) is 33.9. The van der Waals surface area contributed by atoms with Crippen molar-refractivity contribution in [2.24, 2.45) is 0 Å². The summed E-state index contributed by atoms with van der Waals surface area (Å²) in [6.45, 7) is 0. The van der Waals surface area contributed by atoms with Gasteiger partial charge in [-0.2, -0.15) is 0 Å². The van der Waals surface area contributed by atoms with Crippen molar-refractivity contribution in [2.45, 2.75) is 0 Å². The van der Waals surface area contributed by atoms with Crippen molar-refractivity contribution in [2.75, 3.05) is 0 Å². The third-order valence-corrected chi connectivity index (χ3v) is 29.5. The fraction of sp³-hybridized carbons (Fsp3) is 0. The summed E-state index contributed by atoms with van der Waals surface area (Å²) in [6.07, 6.45) is -121. The average Bonchev–Trinajstić information content (AvgIpc) is 0.700. The number of rotatable bonds is 59. The average molecular weight is 1330 g/mol. The van der Waals surface area contributed by atoms with E-state index in [1.54, 1.807) is 0 Å². The molecule has 123 radical (unpaired) electrons. The summed E-state index contributed by atoms with van der Waals surface area (Å²) in [5, 5.41) is 0. The summed E-state index contributed by atoms with van der Waals surface area (Å²) in [4.78, 5) is 0. The molecule has 0 aromatic carbocycles. The lowest BCUT2D eigenvalue weighted by atomic mass is 8.27. The molecule has 0 spiro atoms. The van der Waals surface area contributed by atoms with Gasteiger partial charge in [0.2, 0.25) is 0 Å². The highest BCUT2D eigenvalue weighted by Crippen LogP contribution is 2.54. The minimum Gasteiger partial charge on any atom is -0.253 e. The Hall–Kier alpha value is 8.22. The zero-order valence-electron chi connectivity index (χ0n) is 69.7. The topological polar surface area (TPSA) is 0 Å². The van der Waals surface area contributed by atoms with Crippen molar-refractivity contribution >= 4 is 856 Å². The van der Waals surface area contributed by atoms with Gasteiger partial charge in [0.15, 0.2) is 0 Å². The van der Waals surface area contributed by atoms with E-state index in [1.807, 2.05) is 0 Å². The highest BCUT2D eigenvalue weighted by atomic mass is 31.1. The summed E-state index contributed by atoms with van der Waals surface area (Å²) in [5.74, 6) is 0. The van der Waals surface area contributed by atoms with Crippen LogP contribution < -0.4 is 0 Å². The first kappa shape index (κ1) is 129. The zero-order valence-corrected chi connectivity index (χ0v) is 70.6. The van der Waals surface area contributed by atoms with E-state index in [0.717, 1.165) is 7.06 Å². The van der Waals surface area contributed by atoms with Crippen molar-refractivity contribution in [1.29, 1.82) is 0 Å². The molecule has 0 unspecified atom stereocenters. The van der Waals surface area contributed by atoms with Crippen LogP contribution in [0.1, 0.15) is 0 Å². The van der Waals surface area contributed by atoms with Crippen LogP contribution in [0.4, 0.5) is 0 Å². The van der Waals surface area contributed by atoms with Gasteiger partial charge in [0.1, 0.15) is 0 Å². The van der Waals surface area contributed by atoms with Crippen LogP contribution in [0.5, 0.6) is 0 Å². The van der Waals surface area contributed by atoms with E-state index in [4.69, 9.17) is 472 Å². The third-order valence-electron chi connectivity index (χ3n) is 25.4. The minimum atomic E-state index is -4.23. The van der Waals surface area contributed by atoms with Gasteiger partial charge in [0, 0.05) is 830 Å². The molecule has 121 heteroatoms. The first-order valence-electron chi connectivity index (χ1n) is 39.8. The summed E-state index contributed by atoms with van der Waals surface area (Å²) in [7, 11) is 445. The molecule has 0 heterocycles. The maximum atomic E-state index is 7.72. The fourth-order valence-electron chi connectivity index (χ4n) is 21.2. The molecule has 0 aliphatic carbocycles. The predicted octanol–water partition coefficient (Wildman–Crippen LogP) is -44.8. The lowest BCUT2D eigenvalue weighted by Gasteiger charge is -2.65. The molecule has 0 aliphatic heterocycles. The van der Waals surface area contributed by atoms with E-state index in [-0.39, 0.29) is 0 Å². The van der Waals surface area contributed by atoms with Gasteiger partial charge in [-0.15, -0.1) is 0 Å². The van der Waals surface area contributed by atoms with Gasteiger partial charge in [-0.05, 0) is 0 Å². The summed E-state index contributed by atoms with van der Waals surface area (Å²) < 4.78 is 0. The fourth-order valence-corrected chi connectivity index (χ4v) is 27.2.